The summed E-state index contributed by atoms with van der Waals surface area (Å²) >= 11 is 1.48. The van der Waals surface area contributed by atoms with Crippen LogP contribution in [0.2, 0.25) is 0 Å². The molecule has 2 aliphatic heterocycles. The fraction of sp³-hybridized carbons (Fsp3) is 0.516. The molecule has 3 amide bonds. The zero-order valence-corrected chi connectivity index (χ0v) is 26.7. The maximum atomic E-state index is 14.0. The van der Waals surface area contributed by atoms with Gasteiger partial charge in [-0.15, -0.1) is 11.3 Å². The Morgan fingerprint density at radius 2 is 1.88 bits per heavy atom. The number of anilines is 1. The van der Waals surface area contributed by atoms with Crippen molar-refractivity contribution in [3.63, 3.8) is 0 Å². The van der Waals surface area contributed by atoms with E-state index < -0.39 is 16.1 Å². The number of hydrogen-bond donors (Lipinski definition) is 4. The second kappa shape index (κ2) is 13.2. The third kappa shape index (κ3) is 7.66. The highest BCUT2D eigenvalue weighted by atomic mass is 32.2. The normalized spacial score (nSPS) is 17.6. The number of nitrogens with one attached hydrogen (secondary N) is 4. The fourth-order valence-electron chi connectivity index (χ4n) is 5.94. The average Bonchev–Trinajstić information content (AvgIpc) is 3.38. The van der Waals surface area contributed by atoms with Gasteiger partial charge in [0.15, 0.2) is 0 Å². The monoisotopic (exact) mass is 626 g/mol. The van der Waals surface area contributed by atoms with Gasteiger partial charge in [0.05, 0.1) is 20.9 Å². The van der Waals surface area contributed by atoms with Gasteiger partial charge in [-0.05, 0) is 67.7 Å². The minimum Gasteiger partial charge on any atom is -0.383 e. The van der Waals surface area contributed by atoms with Crippen LogP contribution in [-0.2, 0) is 27.7 Å². The highest BCUT2D eigenvalue weighted by Crippen LogP contribution is 2.36. The first-order valence-corrected chi connectivity index (χ1v) is 17.4. The standard InChI is InChI=1S/C31H42N6O4S2/c1-4-32-30(39)33-15-12-21-13-16-37(17-14-21)29(38)24(18-27-35-23-9-5-6-10-25(23)42-27)36-43(40,41)26-11-7-8-22-19-31(2,3)20-34-28(22)26/h5-11,21,24,34,36H,4,12-20H2,1-3H3,(H2,32,33,39)/t24-/m0/s1. The van der Waals surface area contributed by atoms with Crippen LogP contribution in [0.25, 0.3) is 10.2 Å². The van der Waals surface area contributed by atoms with Gasteiger partial charge in [0, 0.05) is 39.1 Å². The number of likely N-dealkylation sites (tertiary alicyclic amines) is 1. The Morgan fingerprint density at radius 3 is 2.63 bits per heavy atom. The first-order chi connectivity index (χ1) is 20.5. The minimum atomic E-state index is -4.04. The van der Waals surface area contributed by atoms with Gasteiger partial charge in [0.1, 0.15) is 10.9 Å². The number of rotatable bonds is 10. The first-order valence-electron chi connectivity index (χ1n) is 15.1. The number of piperidine rings is 1. The Morgan fingerprint density at radius 1 is 1.12 bits per heavy atom. The van der Waals surface area contributed by atoms with Gasteiger partial charge < -0.3 is 20.9 Å². The van der Waals surface area contributed by atoms with Crippen molar-refractivity contribution in [3.8, 4) is 0 Å². The molecule has 1 fully saturated rings. The Balaban J connectivity index is 1.32. The summed E-state index contributed by atoms with van der Waals surface area (Å²) in [5.74, 6) is 0.150. The van der Waals surface area contributed by atoms with Crippen molar-refractivity contribution in [2.24, 2.45) is 11.3 Å². The molecule has 3 aromatic rings. The van der Waals surface area contributed by atoms with Crippen molar-refractivity contribution in [2.45, 2.75) is 63.8 Å². The molecule has 1 aromatic heterocycles. The summed E-state index contributed by atoms with van der Waals surface area (Å²) in [5, 5.41) is 9.65. The third-order valence-corrected chi connectivity index (χ3v) is 10.8. The molecule has 5 rings (SSSR count). The summed E-state index contributed by atoms with van der Waals surface area (Å²) < 4.78 is 31.6. The number of benzene rings is 2. The molecule has 0 radical (unpaired) electrons. The van der Waals surface area contributed by atoms with E-state index in [1.54, 1.807) is 17.0 Å². The number of nitrogens with zero attached hydrogens (tertiary/aromatic N) is 2. The second-order valence-electron chi connectivity index (χ2n) is 12.3. The van der Waals surface area contributed by atoms with E-state index in [0.717, 1.165) is 41.5 Å². The molecule has 12 heteroatoms. The fourth-order valence-corrected chi connectivity index (χ4v) is 8.37. The van der Waals surface area contributed by atoms with E-state index in [2.05, 4.69) is 34.5 Å². The Hall–Kier alpha value is -3.22. The summed E-state index contributed by atoms with van der Waals surface area (Å²) in [6.45, 7) is 9.08. The molecule has 3 heterocycles. The molecular weight excluding hydrogens is 585 g/mol. The van der Waals surface area contributed by atoms with Crippen LogP contribution < -0.4 is 20.7 Å². The summed E-state index contributed by atoms with van der Waals surface area (Å²) in [6, 6.07) is 11.9. The Bertz CT molecular complexity index is 1530. The lowest BCUT2D eigenvalue weighted by atomic mass is 9.82. The number of urea groups is 1. The van der Waals surface area contributed by atoms with E-state index in [9.17, 15) is 18.0 Å². The van der Waals surface area contributed by atoms with Crippen molar-refractivity contribution < 1.29 is 18.0 Å². The predicted molar refractivity (Wildman–Crippen MR) is 171 cm³/mol. The largest absolute Gasteiger partial charge is 0.383 e. The Labute approximate surface area is 258 Å². The van der Waals surface area contributed by atoms with Crippen molar-refractivity contribution >= 4 is 49.2 Å². The summed E-state index contributed by atoms with van der Waals surface area (Å²) in [6.07, 6.45) is 3.37. The molecule has 2 aromatic carbocycles. The van der Waals surface area contributed by atoms with Crippen LogP contribution in [0.3, 0.4) is 0 Å². The first kappa shape index (κ1) is 31.2. The molecule has 232 valence electrons. The minimum absolute atomic E-state index is 0.0122. The predicted octanol–water partition coefficient (Wildman–Crippen LogP) is 4.13. The van der Waals surface area contributed by atoms with E-state index >= 15 is 0 Å². The lowest BCUT2D eigenvalue weighted by Crippen LogP contribution is -2.51. The van der Waals surface area contributed by atoms with Crippen molar-refractivity contribution in [1.82, 2.24) is 25.2 Å². The van der Waals surface area contributed by atoms with Crippen molar-refractivity contribution in [3.05, 3.63) is 53.0 Å². The molecule has 43 heavy (non-hydrogen) atoms. The van der Waals surface area contributed by atoms with Gasteiger partial charge in [-0.25, -0.2) is 18.2 Å². The van der Waals surface area contributed by atoms with E-state index in [1.807, 2.05) is 37.3 Å². The molecule has 0 unspecified atom stereocenters. The Kier molecular flexibility index (Phi) is 9.57. The van der Waals surface area contributed by atoms with Crippen LogP contribution in [0.5, 0.6) is 0 Å². The van der Waals surface area contributed by atoms with Crippen LogP contribution in [0.15, 0.2) is 47.4 Å². The van der Waals surface area contributed by atoms with E-state index in [1.165, 1.54) is 11.3 Å². The number of fused-ring (bicyclic) bond motifs is 2. The van der Waals surface area contributed by atoms with Crippen LogP contribution in [0, 0.1) is 11.3 Å². The van der Waals surface area contributed by atoms with Gasteiger partial charge >= 0.3 is 6.03 Å². The molecular formula is C31H42N6O4S2. The topological polar surface area (TPSA) is 133 Å². The number of carbonyl (C=O) groups is 2. The van der Waals surface area contributed by atoms with Crippen molar-refractivity contribution in [2.75, 3.05) is 38.0 Å². The summed E-state index contributed by atoms with van der Waals surface area (Å²) in [7, 11) is -4.04. The molecule has 0 aliphatic carbocycles. The number of sulfonamides is 1. The van der Waals surface area contributed by atoms with Gasteiger partial charge in [-0.1, -0.05) is 38.1 Å². The van der Waals surface area contributed by atoms with E-state index in [-0.39, 0.29) is 28.7 Å². The molecule has 0 saturated carbocycles. The lowest BCUT2D eigenvalue weighted by molar-refractivity contribution is -0.134. The van der Waals surface area contributed by atoms with Crippen LogP contribution in [-0.4, -0.2) is 69.0 Å². The molecule has 1 atom stereocenters. The van der Waals surface area contributed by atoms with Gasteiger partial charge in [-0.2, -0.15) is 4.72 Å². The van der Waals surface area contributed by atoms with Gasteiger partial charge in [0.2, 0.25) is 15.9 Å². The summed E-state index contributed by atoms with van der Waals surface area (Å²) in [5.41, 5.74) is 2.42. The quantitative estimate of drug-likeness (QED) is 0.268. The number of aromatic nitrogens is 1. The zero-order chi connectivity index (χ0) is 30.6. The number of para-hydroxylation sites is 2. The van der Waals surface area contributed by atoms with Crippen LogP contribution in [0.1, 0.15) is 50.6 Å². The molecule has 10 nitrogen and oxygen atoms in total. The zero-order valence-electron chi connectivity index (χ0n) is 25.1. The molecule has 2 aliphatic rings. The number of amides is 3. The molecule has 1 saturated heterocycles. The third-order valence-electron chi connectivity index (χ3n) is 8.23. The number of hydrogen-bond acceptors (Lipinski definition) is 7. The van der Waals surface area contributed by atoms with Crippen LogP contribution in [0.4, 0.5) is 10.5 Å². The molecule has 0 spiro atoms. The molecule has 4 N–H and O–H groups in total. The number of thiazole rings is 1. The average molecular weight is 627 g/mol. The van der Waals surface area contributed by atoms with E-state index in [4.69, 9.17) is 4.98 Å². The molecule has 0 bridgehead atoms. The summed E-state index contributed by atoms with van der Waals surface area (Å²) in [4.78, 5) is 32.3. The highest BCUT2D eigenvalue weighted by molar-refractivity contribution is 7.89. The van der Waals surface area contributed by atoms with E-state index in [0.29, 0.717) is 49.3 Å². The highest BCUT2D eigenvalue weighted by Gasteiger charge is 2.35. The lowest BCUT2D eigenvalue weighted by Gasteiger charge is -2.35. The smallest absolute Gasteiger partial charge is 0.314 e. The van der Waals surface area contributed by atoms with Crippen LogP contribution >= 0.6 is 11.3 Å². The number of carbonyl (C=O) groups excluding carboxylic acids is 2. The maximum absolute atomic E-state index is 14.0. The second-order valence-corrected chi connectivity index (χ2v) is 15.1. The van der Waals surface area contributed by atoms with Gasteiger partial charge in [0.25, 0.3) is 0 Å². The van der Waals surface area contributed by atoms with Gasteiger partial charge in [-0.3, -0.25) is 4.79 Å². The SMILES string of the molecule is CCNC(=O)NCCC1CCN(C(=O)[C@H](Cc2nc3ccccc3s2)NS(=O)(=O)c2cccc3c2NCC(C)(C)C3)CC1. The van der Waals surface area contributed by atoms with Crippen molar-refractivity contribution in [1.29, 1.82) is 0 Å². The maximum Gasteiger partial charge on any atom is 0.314 e.